The van der Waals surface area contributed by atoms with Crippen molar-refractivity contribution in [1.82, 2.24) is 5.32 Å². The van der Waals surface area contributed by atoms with Gasteiger partial charge in [0.1, 0.15) is 11.5 Å². The molecule has 1 N–H and O–H groups in total. The largest absolute Gasteiger partial charge is 0.347 e. The fourth-order valence-corrected chi connectivity index (χ4v) is 3.07. The van der Waals surface area contributed by atoms with E-state index in [9.17, 15) is 4.79 Å². The molecule has 0 bridgehead atoms. The third kappa shape index (κ3) is 4.25. The smallest absolute Gasteiger partial charge is 0.328 e. The molecule has 0 saturated carbocycles. The molecule has 0 aliphatic heterocycles. The van der Waals surface area contributed by atoms with Crippen molar-refractivity contribution in [3.8, 4) is 12.1 Å². The third-order valence-corrected chi connectivity index (χ3v) is 3.55. The van der Waals surface area contributed by atoms with Crippen LogP contribution in [0.4, 0.5) is 0 Å². The molecule has 108 valence electrons. The number of alkyl halides is 1. The number of hydrogen-bond acceptors (Lipinski definition) is 2. The number of carbonyl (C=O) groups excluding carboxylic acids is 1. The van der Waals surface area contributed by atoms with Gasteiger partial charge < -0.3 is 5.32 Å². The van der Waals surface area contributed by atoms with Crippen molar-refractivity contribution in [2.45, 2.75) is 40.5 Å². The molecule has 0 aromatic heterocycles. The van der Waals surface area contributed by atoms with Crippen molar-refractivity contribution in [3.05, 3.63) is 16.1 Å². The molecule has 20 heavy (non-hydrogen) atoms. The summed E-state index contributed by atoms with van der Waals surface area (Å²) in [5.41, 5.74) is 1.61. The summed E-state index contributed by atoms with van der Waals surface area (Å²) in [6.07, 6.45) is 1.70. The van der Waals surface area contributed by atoms with Crippen molar-refractivity contribution in [3.63, 3.8) is 0 Å². The Balaban J connectivity index is 3.24. The summed E-state index contributed by atoms with van der Waals surface area (Å²) in [5.74, 6) is -0.303. The molecule has 1 aliphatic rings. The molecule has 0 atom stereocenters. The number of hydrogen-bond donors (Lipinski definition) is 1. The highest BCUT2D eigenvalue weighted by molar-refractivity contribution is 6.27. The maximum Gasteiger partial charge on any atom is 0.347 e. The molecule has 1 rings (SSSR count). The van der Waals surface area contributed by atoms with Crippen LogP contribution >= 0.6 is 11.6 Å². The van der Waals surface area contributed by atoms with Gasteiger partial charge in [0.2, 0.25) is 5.91 Å². The van der Waals surface area contributed by atoms with Crippen LogP contribution in [-0.2, 0) is 4.79 Å². The first kappa shape index (κ1) is 16.5. The lowest BCUT2D eigenvalue weighted by atomic mass is 9.64. The summed E-state index contributed by atoms with van der Waals surface area (Å²) in [4.78, 5) is 15.6. The van der Waals surface area contributed by atoms with Gasteiger partial charge in [0.15, 0.2) is 6.07 Å². The van der Waals surface area contributed by atoms with Gasteiger partial charge in [-0.15, -0.1) is 11.6 Å². The van der Waals surface area contributed by atoms with Crippen LogP contribution in [0.5, 0.6) is 0 Å². The SMILES string of the molecule is CC1(C)CC(NC(=O)CCl)=C(C#[N+]CC#N)C(C)(C)C1. The van der Waals surface area contributed by atoms with Crippen LogP contribution in [0.15, 0.2) is 11.3 Å². The number of allylic oxidation sites excluding steroid dienone is 2. The van der Waals surface area contributed by atoms with Gasteiger partial charge in [0.05, 0.1) is 0 Å². The zero-order chi connectivity index (χ0) is 15.4. The van der Waals surface area contributed by atoms with Gasteiger partial charge in [-0.3, -0.25) is 4.79 Å². The highest BCUT2D eigenvalue weighted by Crippen LogP contribution is 2.48. The highest BCUT2D eigenvalue weighted by atomic mass is 35.5. The minimum Gasteiger partial charge on any atom is -0.328 e. The van der Waals surface area contributed by atoms with Gasteiger partial charge in [-0.2, -0.15) is 5.26 Å². The van der Waals surface area contributed by atoms with Crippen LogP contribution in [0.2, 0.25) is 0 Å². The summed E-state index contributed by atoms with van der Waals surface area (Å²) < 4.78 is 0. The van der Waals surface area contributed by atoms with E-state index in [1.807, 2.05) is 6.07 Å². The minimum absolute atomic E-state index is 0.0692. The Hall–Kier alpha value is -1.52. The first-order chi connectivity index (χ1) is 9.22. The molecule has 0 spiro atoms. The average molecular weight is 295 g/mol. The lowest BCUT2D eigenvalue weighted by Crippen LogP contribution is -2.37. The quantitative estimate of drug-likeness (QED) is 0.627. The molecular formula is C15H21ClN3O+. The first-order valence-electron chi connectivity index (χ1n) is 6.61. The van der Waals surface area contributed by atoms with Crippen LogP contribution in [-0.4, -0.2) is 18.3 Å². The summed E-state index contributed by atoms with van der Waals surface area (Å²) >= 11 is 5.57. The van der Waals surface area contributed by atoms with Crippen molar-refractivity contribution in [2.75, 3.05) is 12.4 Å². The topological polar surface area (TPSA) is 57.2 Å². The predicted molar refractivity (Wildman–Crippen MR) is 80.4 cm³/mol. The van der Waals surface area contributed by atoms with E-state index in [0.717, 1.165) is 24.1 Å². The van der Waals surface area contributed by atoms with Gasteiger partial charge in [-0.25, -0.2) is 0 Å². The van der Waals surface area contributed by atoms with E-state index in [1.165, 1.54) is 0 Å². The molecular weight excluding hydrogens is 274 g/mol. The maximum atomic E-state index is 11.6. The fraction of sp³-hybridized carbons (Fsp3) is 0.667. The standard InChI is InChI=1S/C15H20ClN3O/c1-14(2)7-12(19-13(20)8-16)11(9-18-6-5-17)15(3,4)10-14/h6-8,10H2,1-4H3/p+1. The van der Waals surface area contributed by atoms with Gasteiger partial charge in [0.25, 0.3) is 0 Å². The van der Waals surface area contributed by atoms with Gasteiger partial charge >= 0.3 is 12.6 Å². The number of rotatable bonds is 2. The van der Waals surface area contributed by atoms with Gasteiger partial charge in [-0.1, -0.05) is 32.5 Å². The number of amides is 1. The Labute approximate surface area is 125 Å². The zero-order valence-corrected chi connectivity index (χ0v) is 13.3. The second kappa shape index (κ2) is 6.29. The normalized spacial score (nSPS) is 19.6. The average Bonchev–Trinajstić information content (AvgIpc) is 2.30. The Bertz CT molecular complexity index is 530. The van der Waals surface area contributed by atoms with E-state index in [4.69, 9.17) is 16.9 Å². The van der Waals surface area contributed by atoms with Crippen LogP contribution in [0.1, 0.15) is 40.5 Å². The Morgan fingerprint density at radius 1 is 1.45 bits per heavy atom. The fourth-order valence-electron chi connectivity index (χ4n) is 3.00. The number of nitrogens with one attached hydrogen (secondary N) is 1. The van der Waals surface area contributed by atoms with Crippen molar-refractivity contribution in [2.24, 2.45) is 10.8 Å². The van der Waals surface area contributed by atoms with E-state index < -0.39 is 0 Å². The van der Waals surface area contributed by atoms with Crippen LogP contribution < -0.4 is 5.32 Å². The lowest BCUT2D eigenvalue weighted by molar-refractivity contribution is -0.118. The van der Waals surface area contributed by atoms with Gasteiger partial charge in [-0.05, 0) is 18.3 Å². The summed E-state index contributed by atoms with van der Waals surface area (Å²) in [5, 5.41) is 11.4. The molecule has 0 heterocycles. The van der Waals surface area contributed by atoms with E-state index in [2.05, 4.69) is 43.9 Å². The number of nitrogens with zero attached hydrogens (tertiary/aromatic N) is 2. The molecule has 0 aromatic rings. The number of nitriles is 1. The maximum absolute atomic E-state index is 11.6. The summed E-state index contributed by atoms with van der Waals surface area (Å²) in [6.45, 7) is 8.62. The van der Waals surface area contributed by atoms with Crippen molar-refractivity contribution in [1.29, 1.82) is 5.26 Å². The molecule has 1 amide bonds. The van der Waals surface area contributed by atoms with E-state index in [0.29, 0.717) is 0 Å². The second-order valence-corrected chi connectivity index (χ2v) is 6.79. The van der Waals surface area contributed by atoms with Gasteiger partial charge in [0, 0.05) is 11.1 Å². The number of carbonyl (C=O) groups is 1. The van der Waals surface area contributed by atoms with Crippen LogP contribution in [0, 0.1) is 28.2 Å². The van der Waals surface area contributed by atoms with E-state index >= 15 is 0 Å². The molecule has 0 fully saturated rings. The molecule has 0 unspecified atom stereocenters. The third-order valence-electron chi connectivity index (χ3n) is 3.31. The summed E-state index contributed by atoms with van der Waals surface area (Å²) in [6, 6.07) is 4.91. The molecule has 1 aliphatic carbocycles. The molecule has 0 saturated heterocycles. The molecule has 5 heteroatoms. The number of halogens is 1. The van der Waals surface area contributed by atoms with Crippen molar-refractivity contribution < 1.29 is 4.79 Å². The second-order valence-electron chi connectivity index (χ2n) is 6.52. The Kier molecular flexibility index (Phi) is 5.20. The lowest BCUT2D eigenvalue weighted by Gasteiger charge is -2.40. The predicted octanol–water partition coefficient (Wildman–Crippen LogP) is 3.30. The summed E-state index contributed by atoms with van der Waals surface area (Å²) in [7, 11) is 0. The minimum atomic E-state index is -0.227. The Morgan fingerprint density at radius 2 is 2.10 bits per heavy atom. The monoisotopic (exact) mass is 294 g/mol. The van der Waals surface area contributed by atoms with E-state index in [-0.39, 0.29) is 29.2 Å². The van der Waals surface area contributed by atoms with Crippen molar-refractivity contribution >= 4 is 17.5 Å². The molecule has 0 aromatic carbocycles. The molecule has 0 radical (unpaired) electrons. The molecule has 4 nitrogen and oxygen atoms in total. The van der Waals surface area contributed by atoms with Crippen LogP contribution in [0.25, 0.3) is 4.85 Å². The zero-order valence-electron chi connectivity index (χ0n) is 12.5. The van der Waals surface area contributed by atoms with Crippen LogP contribution in [0.3, 0.4) is 0 Å². The highest BCUT2D eigenvalue weighted by Gasteiger charge is 2.41. The Morgan fingerprint density at radius 3 is 2.65 bits per heavy atom. The van der Waals surface area contributed by atoms with E-state index in [1.54, 1.807) is 0 Å². The first-order valence-corrected chi connectivity index (χ1v) is 7.14.